The van der Waals surface area contributed by atoms with Crippen molar-refractivity contribution in [1.29, 1.82) is 0 Å². The number of fused-ring (bicyclic) bond motifs is 1. The van der Waals surface area contributed by atoms with Crippen molar-refractivity contribution in [1.82, 2.24) is 15.0 Å². The van der Waals surface area contributed by atoms with Crippen molar-refractivity contribution in [2.75, 3.05) is 7.11 Å². The molecule has 0 spiro atoms. The van der Waals surface area contributed by atoms with Crippen LogP contribution in [0.1, 0.15) is 0 Å². The first-order valence-corrected chi connectivity index (χ1v) is 5.58. The van der Waals surface area contributed by atoms with Crippen LogP contribution in [0, 0.1) is 0 Å². The maximum Gasteiger partial charge on any atom is 0.212 e. The van der Waals surface area contributed by atoms with E-state index in [0.29, 0.717) is 5.88 Å². The van der Waals surface area contributed by atoms with E-state index in [1.165, 1.54) is 0 Å². The molecule has 4 nitrogen and oxygen atoms in total. The van der Waals surface area contributed by atoms with Gasteiger partial charge in [-0.2, -0.15) is 0 Å². The lowest BCUT2D eigenvalue weighted by molar-refractivity contribution is 0.398. The average molecular weight is 237 g/mol. The maximum absolute atomic E-state index is 5.04. The van der Waals surface area contributed by atoms with Crippen molar-refractivity contribution in [3.8, 4) is 17.0 Å². The lowest BCUT2D eigenvalue weighted by atomic mass is 10.1. The van der Waals surface area contributed by atoms with E-state index < -0.39 is 0 Å². The van der Waals surface area contributed by atoms with Gasteiger partial charge in [-0.1, -0.05) is 6.07 Å². The molecule has 0 radical (unpaired) electrons. The molecule has 0 amide bonds. The van der Waals surface area contributed by atoms with Crippen molar-refractivity contribution in [2.24, 2.45) is 0 Å². The van der Waals surface area contributed by atoms with Crippen molar-refractivity contribution in [2.45, 2.75) is 0 Å². The van der Waals surface area contributed by atoms with Crippen LogP contribution in [0.15, 0.2) is 48.9 Å². The Balaban J connectivity index is 2.07. The van der Waals surface area contributed by atoms with Crippen LogP contribution in [0.25, 0.3) is 22.2 Å². The van der Waals surface area contributed by atoms with Gasteiger partial charge in [0.2, 0.25) is 5.88 Å². The van der Waals surface area contributed by atoms with Crippen LogP contribution in [0.5, 0.6) is 5.88 Å². The van der Waals surface area contributed by atoms with E-state index in [4.69, 9.17) is 4.74 Å². The molecule has 0 aliphatic carbocycles. The number of benzene rings is 1. The zero-order chi connectivity index (χ0) is 12.4. The normalized spacial score (nSPS) is 10.5. The van der Waals surface area contributed by atoms with E-state index in [-0.39, 0.29) is 0 Å². The van der Waals surface area contributed by atoms with E-state index in [1.54, 1.807) is 25.7 Å². The minimum atomic E-state index is 0.610. The third-order valence-corrected chi connectivity index (χ3v) is 2.75. The molecule has 1 aromatic carbocycles. The van der Waals surface area contributed by atoms with Crippen LogP contribution >= 0.6 is 0 Å². The average Bonchev–Trinajstić information content (AvgIpc) is 2.47. The molecule has 2 aromatic heterocycles. The number of hydrogen-bond acceptors (Lipinski definition) is 4. The summed E-state index contributed by atoms with van der Waals surface area (Å²) in [4.78, 5) is 12.7. The lowest BCUT2D eigenvalue weighted by Gasteiger charge is -2.04. The number of hydrogen-bond donors (Lipinski definition) is 0. The van der Waals surface area contributed by atoms with Gasteiger partial charge in [0.25, 0.3) is 0 Å². The largest absolute Gasteiger partial charge is 0.481 e. The lowest BCUT2D eigenvalue weighted by Crippen LogP contribution is -1.88. The predicted octanol–water partition coefficient (Wildman–Crippen LogP) is 2.70. The molecule has 88 valence electrons. The molecule has 0 saturated carbocycles. The van der Waals surface area contributed by atoms with E-state index in [2.05, 4.69) is 15.0 Å². The van der Waals surface area contributed by atoms with Gasteiger partial charge in [-0.05, 0) is 23.8 Å². The summed E-state index contributed by atoms with van der Waals surface area (Å²) in [5.41, 5.74) is 3.87. The Labute approximate surface area is 104 Å². The molecule has 0 aliphatic rings. The van der Waals surface area contributed by atoms with E-state index in [9.17, 15) is 0 Å². The molecule has 0 saturated heterocycles. The smallest absolute Gasteiger partial charge is 0.212 e. The zero-order valence-corrected chi connectivity index (χ0v) is 9.87. The number of pyridine rings is 1. The van der Waals surface area contributed by atoms with Crippen LogP contribution in [0.3, 0.4) is 0 Å². The highest BCUT2D eigenvalue weighted by Crippen LogP contribution is 2.22. The summed E-state index contributed by atoms with van der Waals surface area (Å²) in [6.45, 7) is 0. The van der Waals surface area contributed by atoms with Gasteiger partial charge in [0.15, 0.2) is 0 Å². The van der Waals surface area contributed by atoms with E-state index in [1.807, 2.05) is 30.3 Å². The molecule has 3 aromatic rings. The third kappa shape index (κ3) is 1.88. The van der Waals surface area contributed by atoms with Gasteiger partial charge in [0.05, 0.1) is 18.1 Å². The van der Waals surface area contributed by atoms with Gasteiger partial charge < -0.3 is 4.74 Å². The molecular weight excluding hydrogens is 226 g/mol. The van der Waals surface area contributed by atoms with Gasteiger partial charge >= 0.3 is 0 Å². The fourth-order valence-electron chi connectivity index (χ4n) is 1.81. The minimum absolute atomic E-state index is 0.610. The second-order valence-corrected chi connectivity index (χ2v) is 3.85. The summed E-state index contributed by atoms with van der Waals surface area (Å²) in [6, 6.07) is 9.80. The summed E-state index contributed by atoms with van der Waals surface area (Å²) >= 11 is 0. The molecule has 0 unspecified atom stereocenters. The Kier molecular flexibility index (Phi) is 2.61. The number of rotatable bonds is 2. The van der Waals surface area contributed by atoms with Crippen LogP contribution in [-0.2, 0) is 0 Å². The van der Waals surface area contributed by atoms with Crippen molar-refractivity contribution >= 4 is 11.0 Å². The fourth-order valence-corrected chi connectivity index (χ4v) is 1.81. The molecule has 18 heavy (non-hydrogen) atoms. The highest BCUT2D eigenvalue weighted by Gasteiger charge is 2.02. The summed E-state index contributed by atoms with van der Waals surface area (Å²) in [7, 11) is 1.60. The highest BCUT2D eigenvalue weighted by molar-refractivity contribution is 5.80. The SMILES string of the molecule is COc1ccc(-c2ccc3nccnc3c2)cn1. The summed E-state index contributed by atoms with van der Waals surface area (Å²) < 4.78 is 5.04. The molecular formula is C14H11N3O. The molecule has 0 fully saturated rings. The monoisotopic (exact) mass is 237 g/mol. The Hall–Kier alpha value is -2.49. The molecule has 0 bridgehead atoms. The Morgan fingerprint density at radius 2 is 1.61 bits per heavy atom. The third-order valence-electron chi connectivity index (χ3n) is 2.75. The predicted molar refractivity (Wildman–Crippen MR) is 69.3 cm³/mol. The first kappa shape index (κ1) is 10.7. The van der Waals surface area contributed by atoms with Crippen LogP contribution in [0.4, 0.5) is 0 Å². The highest BCUT2D eigenvalue weighted by atomic mass is 16.5. The zero-order valence-electron chi connectivity index (χ0n) is 9.87. The van der Waals surface area contributed by atoms with Crippen molar-refractivity contribution in [3.63, 3.8) is 0 Å². The van der Waals surface area contributed by atoms with Crippen LogP contribution < -0.4 is 4.74 Å². The summed E-state index contributed by atoms with van der Waals surface area (Å²) in [5.74, 6) is 0.610. The van der Waals surface area contributed by atoms with Gasteiger partial charge in [-0.25, -0.2) is 4.98 Å². The standard InChI is InChI=1S/C14H11N3O/c1-18-14-5-3-11(9-17-14)10-2-4-12-13(8-10)16-7-6-15-12/h2-9H,1H3. The van der Waals surface area contributed by atoms with Gasteiger partial charge in [0.1, 0.15) is 0 Å². The molecule has 0 aliphatic heterocycles. The number of methoxy groups -OCH3 is 1. The second kappa shape index (κ2) is 4.41. The van der Waals surface area contributed by atoms with Crippen LogP contribution in [0.2, 0.25) is 0 Å². The van der Waals surface area contributed by atoms with E-state index >= 15 is 0 Å². The topological polar surface area (TPSA) is 47.9 Å². The van der Waals surface area contributed by atoms with Gasteiger partial charge in [-0.3, -0.25) is 9.97 Å². The maximum atomic E-state index is 5.04. The Morgan fingerprint density at radius 1 is 0.833 bits per heavy atom. The van der Waals surface area contributed by atoms with Crippen LogP contribution in [-0.4, -0.2) is 22.1 Å². The van der Waals surface area contributed by atoms with Gasteiger partial charge in [-0.15, -0.1) is 0 Å². The minimum Gasteiger partial charge on any atom is -0.481 e. The second-order valence-electron chi connectivity index (χ2n) is 3.85. The fraction of sp³-hybridized carbons (Fsp3) is 0.0714. The summed E-state index contributed by atoms with van der Waals surface area (Å²) in [6.07, 6.45) is 5.17. The molecule has 4 heteroatoms. The first-order chi connectivity index (χ1) is 8.86. The Bertz CT molecular complexity index is 680. The number of nitrogens with zero attached hydrogens (tertiary/aromatic N) is 3. The van der Waals surface area contributed by atoms with E-state index in [0.717, 1.165) is 22.2 Å². The van der Waals surface area contributed by atoms with Crippen molar-refractivity contribution in [3.05, 3.63) is 48.9 Å². The molecule has 0 atom stereocenters. The number of ether oxygens (including phenoxy) is 1. The first-order valence-electron chi connectivity index (χ1n) is 5.58. The summed E-state index contributed by atoms with van der Waals surface area (Å²) in [5, 5.41) is 0. The molecule has 0 N–H and O–H groups in total. The quantitative estimate of drug-likeness (QED) is 0.687. The number of aromatic nitrogens is 3. The Morgan fingerprint density at radius 3 is 2.33 bits per heavy atom. The van der Waals surface area contributed by atoms with Gasteiger partial charge in [0, 0.05) is 30.2 Å². The molecule has 3 rings (SSSR count). The molecule has 2 heterocycles. The van der Waals surface area contributed by atoms with Crippen molar-refractivity contribution < 1.29 is 4.74 Å².